The Hall–Kier alpha value is -0.0200. The first kappa shape index (κ1) is 13.0. The SMILES string of the molecule is C=C(C)C[C@@H](N)c1sccc1Cl.Cl. The zero-order valence-electron chi connectivity index (χ0n) is 7.42. The summed E-state index contributed by atoms with van der Waals surface area (Å²) >= 11 is 7.52. The van der Waals surface area contributed by atoms with Gasteiger partial charge >= 0.3 is 0 Å². The number of hydrogen-bond acceptors (Lipinski definition) is 2. The zero-order chi connectivity index (χ0) is 9.14. The van der Waals surface area contributed by atoms with Crippen molar-refractivity contribution in [2.24, 2.45) is 5.73 Å². The van der Waals surface area contributed by atoms with Gasteiger partial charge < -0.3 is 5.73 Å². The van der Waals surface area contributed by atoms with Gasteiger partial charge in [-0.3, -0.25) is 0 Å². The second kappa shape index (κ2) is 5.66. The van der Waals surface area contributed by atoms with E-state index in [1.165, 1.54) is 0 Å². The van der Waals surface area contributed by atoms with Crippen LogP contribution in [0.2, 0.25) is 5.02 Å². The van der Waals surface area contributed by atoms with Crippen LogP contribution in [-0.2, 0) is 0 Å². The zero-order valence-corrected chi connectivity index (χ0v) is 9.81. The van der Waals surface area contributed by atoms with Gasteiger partial charge in [-0.1, -0.05) is 17.2 Å². The molecule has 13 heavy (non-hydrogen) atoms. The second-order valence-electron chi connectivity index (χ2n) is 2.90. The molecule has 0 radical (unpaired) electrons. The molecular formula is C9H13Cl2NS. The van der Waals surface area contributed by atoms with E-state index in [0.29, 0.717) is 0 Å². The summed E-state index contributed by atoms with van der Waals surface area (Å²) in [5.74, 6) is 0. The molecule has 1 heterocycles. The Morgan fingerprint density at radius 3 is 2.77 bits per heavy atom. The van der Waals surface area contributed by atoms with Crippen molar-refractivity contribution in [3.05, 3.63) is 33.5 Å². The minimum atomic E-state index is 0. The van der Waals surface area contributed by atoms with Gasteiger partial charge in [0.2, 0.25) is 0 Å². The van der Waals surface area contributed by atoms with Crippen LogP contribution in [0.15, 0.2) is 23.6 Å². The van der Waals surface area contributed by atoms with Gasteiger partial charge in [-0.15, -0.1) is 30.3 Å². The van der Waals surface area contributed by atoms with Crippen LogP contribution in [0.3, 0.4) is 0 Å². The fourth-order valence-corrected chi connectivity index (χ4v) is 2.24. The van der Waals surface area contributed by atoms with Crippen molar-refractivity contribution in [2.45, 2.75) is 19.4 Å². The Labute approximate surface area is 94.0 Å². The second-order valence-corrected chi connectivity index (χ2v) is 4.26. The molecule has 0 fully saturated rings. The molecule has 0 saturated carbocycles. The van der Waals surface area contributed by atoms with Crippen molar-refractivity contribution in [3.63, 3.8) is 0 Å². The third kappa shape index (κ3) is 3.69. The number of nitrogens with two attached hydrogens (primary N) is 1. The van der Waals surface area contributed by atoms with Crippen molar-refractivity contribution in [3.8, 4) is 0 Å². The average Bonchev–Trinajstić information content (AvgIpc) is 2.33. The molecule has 4 heteroatoms. The summed E-state index contributed by atoms with van der Waals surface area (Å²) in [6.07, 6.45) is 0.806. The van der Waals surface area contributed by atoms with Gasteiger partial charge in [0.1, 0.15) is 0 Å². The van der Waals surface area contributed by atoms with Gasteiger partial charge in [-0.25, -0.2) is 0 Å². The van der Waals surface area contributed by atoms with E-state index in [9.17, 15) is 0 Å². The van der Waals surface area contributed by atoms with E-state index in [2.05, 4.69) is 6.58 Å². The highest BCUT2D eigenvalue weighted by molar-refractivity contribution is 7.10. The van der Waals surface area contributed by atoms with E-state index < -0.39 is 0 Å². The molecule has 0 aliphatic rings. The molecular weight excluding hydrogens is 225 g/mol. The topological polar surface area (TPSA) is 26.0 Å². The van der Waals surface area contributed by atoms with Crippen LogP contribution >= 0.6 is 35.3 Å². The van der Waals surface area contributed by atoms with E-state index in [-0.39, 0.29) is 18.4 Å². The largest absolute Gasteiger partial charge is 0.323 e. The lowest BCUT2D eigenvalue weighted by molar-refractivity contribution is 0.731. The van der Waals surface area contributed by atoms with Crippen LogP contribution in [0.25, 0.3) is 0 Å². The summed E-state index contributed by atoms with van der Waals surface area (Å²) in [6.45, 7) is 5.79. The predicted molar refractivity (Wildman–Crippen MR) is 62.9 cm³/mol. The normalized spacial score (nSPS) is 11.9. The van der Waals surface area contributed by atoms with Crippen molar-refractivity contribution >= 4 is 35.3 Å². The Morgan fingerprint density at radius 2 is 2.38 bits per heavy atom. The van der Waals surface area contributed by atoms with Gasteiger partial charge in [-0.2, -0.15) is 0 Å². The fraction of sp³-hybridized carbons (Fsp3) is 0.333. The van der Waals surface area contributed by atoms with E-state index in [1.54, 1.807) is 11.3 Å². The first-order valence-electron chi connectivity index (χ1n) is 3.74. The Morgan fingerprint density at radius 1 is 1.77 bits per heavy atom. The summed E-state index contributed by atoms with van der Waals surface area (Å²) in [5.41, 5.74) is 7.00. The average molecular weight is 238 g/mol. The summed E-state index contributed by atoms with van der Waals surface area (Å²) < 4.78 is 0. The Balaban J connectivity index is 0.00000144. The number of hydrogen-bond donors (Lipinski definition) is 1. The number of thiophene rings is 1. The fourth-order valence-electron chi connectivity index (χ4n) is 1.04. The quantitative estimate of drug-likeness (QED) is 0.796. The Kier molecular flexibility index (Phi) is 5.65. The lowest BCUT2D eigenvalue weighted by atomic mass is 10.1. The third-order valence-corrected chi connectivity index (χ3v) is 3.04. The molecule has 2 N–H and O–H groups in total. The van der Waals surface area contributed by atoms with Gasteiger partial charge in [0.15, 0.2) is 0 Å². The highest BCUT2D eigenvalue weighted by Crippen LogP contribution is 2.30. The molecule has 1 atom stereocenters. The standard InChI is InChI=1S/C9H12ClNS.ClH/c1-6(2)5-8(11)9-7(10)3-4-12-9;/h3-4,8H,1,5,11H2,2H3;1H/t8-;/m1./s1. The molecule has 1 rings (SSSR count). The van der Waals surface area contributed by atoms with Crippen LogP contribution < -0.4 is 5.73 Å². The van der Waals surface area contributed by atoms with E-state index in [0.717, 1.165) is 21.9 Å². The minimum Gasteiger partial charge on any atom is -0.323 e. The maximum absolute atomic E-state index is 5.92. The molecule has 0 bridgehead atoms. The summed E-state index contributed by atoms with van der Waals surface area (Å²) in [7, 11) is 0. The molecule has 74 valence electrons. The third-order valence-electron chi connectivity index (χ3n) is 1.55. The summed E-state index contributed by atoms with van der Waals surface area (Å²) in [4.78, 5) is 1.06. The molecule has 0 aliphatic carbocycles. The molecule has 0 unspecified atom stereocenters. The van der Waals surface area contributed by atoms with Crippen molar-refractivity contribution in [1.29, 1.82) is 0 Å². The van der Waals surface area contributed by atoms with Crippen LogP contribution in [0.5, 0.6) is 0 Å². The van der Waals surface area contributed by atoms with Crippen molar-refractivity contribution < 1.29 is 0 Å². The molecule has 0 spiro atoms. The van der Waals surface area contributed by atoms with Crippen molar-refractivity contribution in [2.75, 3.05) is 0 Å². The minimum absolute atomic E-state index is 0. The van der Waals surface area contributed by atoms with Gasteiger partial charge in [0, 0.05) is 10.9 Å². The lowest BCUT2D eigenvalue weighted by Crippen LogP contribution is -2.08. The Bertz CT molecular complexity index is 283. The molecule has 1 nitrogen and oxygen atoms in total. The van der Waals surface area contributed by atoms with E-state index in [4.69, 9.17) is 17.3 Å². The van der Waals surface area contributed by atoms with E-state index in [1.807, 2.05) is 18.4 Å². The molecule has 0 aromatic carbocycles. The molecule has 0 aliphatic heterocycles. The highest BCUT2D eigenvalue weighted by atomic mass is 35.5. The predicted octanol–water partition coefficient (Wildman–Crippen LogP) is 3.79. The van der Waals surface area contributed by atoms with Gasteiger partial charge in [0.05, 0.1) is 5.02 Å². The van der Waals surface area contributed by atoms with Crippen LogP contribution in [0, 0.1) is 0 Å². The summed E-state index contributed by atoms with van der Waals surface area (Å²) in [5, 5.41) is 2.73. The number of rotatable bonds is 3. The molecule has 1 aromatic rings. The van der Waals surface area contributed by atoms with Crippen molar-refractivity contribution in [1.82, 2.24) is 0 Å². The maximum atomic E-state index is 5.92. The molecule has 0 saturated heterocycles. The monoisotopic (exact) mass is 237 g/mol. The van der Waals surface area contributed by atoms with E-state index >= 15 is 0 Å². The van der Waals surface area contributed by atoms with Crippen LogP contribution in [-0.4, -0.2) is 0 Å². The summed E-state index contributed by atoms with van der Waals surface area (Å²) in [6, 6.07) is 1.88. The lowest BCUT2D eigenvalue weighted by Gasteiger charge is -2.09. The maximum Gasteiger partial charge on any atom is 0.0561 e. The van der Waals surface area contributed by atoms with Gasteiger partial charge in [0.25, 0.3) is 0 Å². The molecule has 0 amide bonds. The smallest absolute Gasteiger partial charge is 0.0561 e. The number of halogens is 2. The van der Waals surface area contributed by atoms with Gasteiger partial charge in [-0.05, 0) is 24.8 Å². The first-order chi connectivity index (χ1) is 5.61. The van der Waals surface area contributed by atoms with Crippen LogP contribution in [0.1, 0.15) is 24.3 Å². The first-order valence-corrected chi connectivity index (χ1v) is 5.00. The highest BCUT2D eigenvalue weighted by Gasteiger charge is 2.10. The molecule has 1 aromatic heterocycles. The van der Waals surface area contributed by atoms with Crippen LogP contribution in [0.4, 0.5) is 0 Å².